The van der Waals surface area contributed by atoms with Gasteiger partial charge < -0.3 is 26.0 Å². The van der Waals surface area contributed by atoms with Crippen LogP contribution in [0.2, 0.25) is 6.32 Å². The zero-order chi connectivity index (χ0) is 16.0. The first kappa shape index (κ1) is 18.4. The molecule has 1 aliphatic heterocycles. The highest BCUT2D eigenvalue weighted by Gasteiger charge is 2.31. The van der Waals surface area contributed by atoms with Gasteiger partial charge in [0.05, 0.1) is 6.04 Å². The lowest BCUT2D eigenvalue weighted by Crippen LogP contribution is -2.49. The van der Waals surface area contributed by atoms with Gasteiger partial charge in [-0.2, -0.15) is 0 Å². The third-order valence-corrected chi connectivity index (χ3v) is 4.36. The topological polar surface area (TPSA) is 98.8 Å². The molecule has 1 amide bonds. The predicted octanol–water partition coefficient (Wildman–Crippen LogP) is -0.198. The summed E-state index contributed by atoms with van der Waals surface area (Å²) in [4.78, 5) is 14.0. The molecule has 122 valence electrons. The monoisotopic (exact) mass is 299 g/mol. The zero-order valence-corrected chi connectivity index (χ0v) is 13.5. The molecule has 0 aromatic rings. The van der Waals surface area contributed by atoms with Gasteiger partial charge in [-0.15, -0.1) is 0 Å². The van der Waals surface area contributed by atoms with Crippen molar-refractivity contribution >= 4 is 13.0 Å². The van der Waals surface area contributed by atoms with Gasteiger partial charge in [0.15, 0.2) is 0 Å². The Morgan fingerprint density at radius 3 is 2.67 bits per heavy atom. The van der Waals surface area contributed by atoms with Crippen molar-refractivity contribution in [2.45, 2.75) is 64.0 Å². The summed E-state index contributed by atoms with van der Waals surface area (Å²) in [5, 5.41) is 21.0. The number of nitrogens with two attached hydrogens (primary N) is 1. The summed E-state index contributed by atoms with van der Waals surface area (Å²) < 4.78 is 0. The minimum atomic E-state index is -1.20. The molecule has 7 heteroatoms. The number of rotatable bonds is 8. The first-order valence-corrected chi connectivity index (χ1v) is 7.94. The van der Waals surface area contributed by atoms with E-state index in [2.05, 4.69) is 5.32 Å². The van der Waals surface area contributed by atoms with Gasteiger partial charge in [0, 0.05) is 25.7 Å². The van der Waals surface area contributed by atoms with E-state index in [4.69, 9.17) is 15.8 Å². The molecule has 0 radical (unpaired) electrons. The number of likely N-dealkylation sites (N-methyl/N-ethyl adjacent to an activating group) is 1. The van der Waals surface area contributed by atoms with Crippen LogP contribution in [-0.2, 0) is 4.79 Å². The van der Waals surface area contributed by atoms with Gasteiger partial charge >= 0.3 is 7.12 Å². The molecule has 1 rings (SSSR count). The van der Waals surface area contributed by atoms with E-state index in [-0.39, 0.29) is 17.9 Å². The molecule has 3 atom stereocenters. The van der Waals surface area contributed by atoms with Crippen LogP contribution in [0.25, 0.3) is 0 Å². The highest BCUT2D eigenvalue weighted by atomic mass is 16.4. The predicted molar refractivity (Wildman–Crippen MR) is 84.6 cm³/mol. The van der Waals surface area contributed by atoms with E-state index in [0.29, 0.717) is 12.4 Å². The second-order valence-electron chi connectivity index (χ2n) is 6.48. The zero-order valence-electron chi connectivity index (χ0n) is 13.5. The molecule has 5 N–H and O–H groups in total. The standard InChI is InChI=1S/C14H30BN3O3/c1-10(2)13(16)14(19)18(3)12-8-11(17-9-12)6-4-5-7-15(20)21/h10-13,17,20-21H,4-9,16H2,1-3H3. The largest absolute Gasteiger partial charge is 0.451 e. The van der Waals surface area contributed by atoms with Crippen molar-refractivity contribution in [1.29, 1.82) is 0 Å². The van der Waals surface area contributed by atoms with Crippen LogP contribution >= 0.6 is 0 Å². The highest BCUT2D eigenvalue weighted by molar-refractivity contribution is 6.40. The Hall–Kier alpha value is -0.625. The first-order chi connectivity index (χ1) is 9.82. The van der Waals surface area contributed by atoms with Crippen LogP contribution in [0.4, 0.5) is 0 Å². The van der Waals surface area contributed by atoms with Crippen molar-refractivity contribution in [3.8, 4) is 0 Å². The normalized spacial score (nSPS) is 23.4. The number of unbranched alkanes of at least 4 members (excludes halogenated alkanes) is 1. The van der Waals surface area contributed by atoms with E-state index in [1.807, 2.05) is 20.9 Å². The second kappa shape index (κ2) is 8.73. The summed E-state index contributed by atoms with van der Waals surface area (Å²) in [5.41, 5.74) is 5.93. The van der Waals surface area contributed by atoms with E-state index in [1.165, 1.54) is 0 Å². The Morgan fingerprint density at radius 1 is 1.43 bits per heavy atom. The lowest BCUT2D eigenvalue weighted by molar-refractivity contribution is -0.134. The van der Waals surface area contributed by atoms with Crippen molar-refractivity contribution in [2.75, 3.05) is 13.6 Å². The third-order valence-electron chi connectivity index (χ3n) is 4.36. The van der Waals surface area contributed by atoms with Crippen LogP contribution in [0.15, 0.2) is 0 Å². The van der Waals surface area contributed by atoms with Crippen molar-refractivity contribution < 1.29 is 14.8 Å². The molecule has 0 spiro atoms. The molecule has 1 heterocycles. The molecule has 0 saturated carbocycles. The SMILES string of the molecule is CC(C)C(N)C(=O)N(C)C1CNC(CCCCB(O)O)C1. The van der Waals surface area contributed by atoms with Crippen LogP contribution in [0.5, 0.6) is 0 Å². The maximum absolute atomic E-state index is 12.2. The first-order valence-electron chi connectivity index (χ1n) is 7.94. The Bertz CT molecular complexity index is 329. The number of carbonyl (C=O) groups is 1. The fourth-order valence-corrected chi connectivity index (χ4v) is 2.73. The summed E-state index contributed by atoms with van der Waals surface area (Å²) in [5.74, 6) is 0.163. The minimum Gasteiger partial charge on any atom is -0.427 e. The van der Waals surface area contributed by atoms with Gasteiger partial charge in [-0.1, -0.05) is 26.7 Å². The minimum absolute atomic E-state index is 0.0147. The number of carbonyl (C=O) groups excluding carboxylic acids is 1. The molecule has 0 aromatic heterocycles. The van der Waals surface area contributed by atoms with E-state index in [0.717, 1.165) is 32.2 Å². The fourth-order valence-electron chi connectivity index (χ4n) is 2.73. The average Bonchev–Trinajstić information content (AvgIpc) is 2.89. The van der Waals surface area contributed by atoms with Crippen LogP contribution in [0.3, 0.4) is 0 Å². The van der Waals surface area contributed by atoms with E-state index in [1.54, 1.807) is 4.90 Å². The smallest absolute Gasteiger partial charge is 0.427 e. The number of nitrogens with one attached hydrogen (secondary N) is 1. The van der Waals surface area contributed by atoms with Gasteiger partial charge in [-0.3, -0.25) is 4.79 Å². The van der Waals surface area contributed by atoms with Crippen molar-refractivity contribution in [2.24, 2.45) is 11.7 Å². The second-order valence-corrected chi connectivity index (χ2v) is 6.48. The van der Waals surface area contributed by atoms with Crippen LogP contribution in [0.1, 0.15) is 39.5 Å². The summed E-state index contributed by atoms with van der Waals surface area (Å²) in [6.45, 7) is 4.73. The Labute approximate surface area is 128 Å². The maximum atomic E-state index is 12.2. The molecule has 0 aromatic carbocycles. The van der Waals surface area contributed by atoms with Crippen molar-refractivity contribution in [3.63, 3.8) is 0 Å². The van der Waals surface area contributed by atoms with Gasteiger partial charge in [0.1, 0.15) is 0 Å². The molecular weight excluding hydrogens is 269 g/mol. The summed E-state index contributed by atoms with van der Waals surface area (Å²) in [6, 6.07) is 0.173. The summed E-state index contributed by atoms with van der Waals surface area (Å²) in [7, 11) is 0.636. The van der Waals surface area contributed by atoms with Gasteiger partial charge in [0.2, 0.25) is 5.91 Å². The fraction of sp³-hybridized carbons (Fsp3) is 0.929. The highest BCUT2D eigenvalue weighted by Crippen LogP contribution is 2.18. The van der Waals surface area contributed by atoms with Crippen molar-refractivity contribution in [1.82, 2.24) is 10.2 Å². The Kier molecular flexibility index (Phi) is 7.66. The summed E-state index contributed by atoms with van der Waals surface area (Å²) in [6.07, 6.45) is 4.15. The third kappa shape index (κ3) is 5.94. The molecule has 1 fully saturated rings. The van der Waals surface area contributed by atoms with Crippen molar-refractivity contribution in [3.05, 3.63) is 0 Å². The molecule has 1 saturated heterocycles. The average molecular weight is 299 g/mol. The molecule has 1 aliphatic rings. The van der Waals surface area contributed by atoms with Crippen LogP contribution in [-0.4, -0.2) is 59.7 Å². The van der Waals surface area contributed by atoms with Gasteiger partial charge in [0.25, 0.3) is 0 Å². The molecule has 6 nitrogen and oxygen atoms in total. The number of amides is 1. The summed E-state index contributed by atoms with van der Waals surface area (Å²) >= 11 is 0. The number of hydrogen-bond acceptors (Lipinski definition) is 5. The molecule has 0 aliphatic carbocycles. The van der Waals surface area contributed by atoms with E-state index < -0.39 is 13.2 Å². The van der Waals surface area contributed by atoms with Gasteiger partial charge in [-0.05, 0) is 25.1 Å². The lowest BCUT2D eigenvalue weighted by atomic mass is 9.83. The Morgan fingerprint density at radius 2 is 2.10 bits per heavy atom. The van der Waals surface area contributed by atoms with Gasteiger partial charge in [-0.25, -0.2) is 0 Å². The maximum Gasteiger partial charge on any atom is 0.451 e. The van der Waals surface area contributed by atoms with Crippen LogP contribution < -0.4 is 11.1 Å². The lowest BCUT2D eigenvalue weighted by Gasteiger charge is -2.28. The Balaban J connectivity index is 2.31. The molecular formula is C14H30BN3O3. The molecule has 0 bridgehead atoms. The van der Waals surface area contributed by atoms with Crippen LogP contribution in [0, 0.1) is 5.92 Å². The molecule has 3 unspecified atom stereocenters. The number of nitrogens with zero attached hydrogens (tertiary/aromatic N) is 1. The quantitative estimate of drug-likeness (QED) is 0.367. The number of hydrogen-bond donors (Lipinski definition) is 4. The van der Waals surface area contributed by atoms with E-state index in [9.17, 15) is 4.79 Å². The molecule has 21 heavy (non-hydrogen) atoms. The van der Waals surface area contributed by atoms with E-state index >= 15 is 0 Å².